The average Bonchev–Trinajstić information content (AvgIpc) is 2.79. The lowest BCUT2D eigenvalue weighted by atomic mass is 10.2. The number of carbonyl (C=O) groups excluding carboxylic acids is 1. The van der Waals surface area contributed by atoms with E-state index in [0.29, 0.717) is 15.3 Å². The number of amides is 1. The number of aromatic nitrogens is 1. The molecule has 8 heteroatoms. The van der Waals surface area contributed by atoms with Gasteiger partial charge in [-0.25, -0.2) is 9.78 Å². The van der Waals surface area contributed by atoms with Crippen molar-refractivity contribution in [2.75, 3.05) is 16.8 Å². The molecule has 0 spiro atoms. The first-order valence-corrected chi connectivity index (χ1v) is 7.45. The highest BCUT2D eigenvalue weighted by Gasteiger charge is 2.10. The van der Waals surface area contributed by atoms with Gasteiger partial charge in [-0.1, -0.05) is 11.3 Å². The van der Waals surface area contributed by atoms with Crippen molar-refractivity contribution in [3.05, 3.63) is 23.8 Å². The Kier molecular flexibility index (Phi) is 4.55. The Bertz CT molecular complexity index is 706. The Balaban J connectivity index is 2.10. The lowest BCUT2D eigenvalue weighted by molar-refractivity contribution is -0.113. The summed E-state index contributed by atoms with van der Waals surface area (Å²) in [5.41, 5.74) is 0.823. The number of carboxylic acid groups (broad SMARTS) is 1. The summed E-state index contributed by atoms with van der Waals surface area (Å²) < 4.78 is 0.699. The van der Waals surface area contributed by atoms with E-state index in [0.717, 1.165) is 0 Å². The normalized spacial score (nSPS) is 10.2. The van der Waals surface area contributed by atoms with Crippen LogP contribution < -0.4 is 5.32 Å². The summed E-state index contributed by atoms with van der Waals surface area (Å²) in [4.78, 5) is 26.6. The van der Waals surface area contributed by atoms with Gasteiger partial charge in [0.1, 0.15) is 0 Å². The number of thiazole rings is 1. The van der Waals surface area contributed by atoms with E-state index in [4.69, 9.17) is 10.4 Å². The van der Waals surface area contributed by atoms with Crippen LogP contribution in [0.3, 0.4) is 0 Å². The van der Waals surface area contributed by atoms with Gasteiger partial charge in [0.25, 0.3) is 0 Å². The SMILES string of the molecule is N#CCSCC(=O)Nc1nc2ccc(C(=O)O)cc2s1. The van der Waals surface area contributed by atoms with Crippen LogP contribution in [0.5, 0.6) is 0 Å². The van der Waals surface area contributed by atoms with E-state index in [1.165, 1.54) is 35.2 Å². The highest BCUT2D eigenvalue weighted by atomic mass is 32.2. The Labute approximate surface area is 122 Å². The summed E-state index contributed by atoms with van der Waals surface area (Å²) in [6.07, 6.45) is 0. The zero-order valence-corrected chi connectivity index (χ0v) is 11.8. The van der Waals surface area contributed by atoms with Crippen LogP contribution in [0.4, 0.5) is 5.13 Å². The number of fused-ring (bicyclic) bond motifs is 1. The van der Waals surface area contributed by atoms with Gasteiger partial charge in [0.2, 0.25) is 5.91 Å². The van der Waals surface area contributed by atoms with Crippen molar-refractivity contribution in [3.8, 4) is 6.07 Å². The number of nitriles is 1. The average molecular weight is 307 g/mol. The number of rotatable bonds is 5. The summed E-state index contributed by atoms with van der Waals surface area (Å²) in [6, 6.07) is 6.54. The number of carbonyl (C=O) groups is 2. The zero-order valence-electron chi connectivity index (χ0n) is 10.1. The molecule has 6 nitrogen and oxygen atoms in total. The van der Waals surface area contributed by atoms with Gasteiger partial charge in [0.05, 0.1) is 33.4 Å². The van der Waals surface area contributed by atoms with Gasteiger partial charge in [-0.15, -0.1) is 11.8 Å². The number of benzene rings is 1. The molecule has 0 aliphatic rings. The van der Waals surface area contributed by atoms with Crippen LogP contribution in [0.2, 0.25) is 0 Å². The molecule has 1 amide bonds. The van der Waals surface area contributed by atoms with E-state index in [1.807, 2.05) is 6.07 Å². The molecule has 0 unspecified atom stereocenters. The minimum Gasteiger partial charge on any atom is -0.478 e. The first-order chi connectivity index (χ1) is 9.60. The summed E-state index contributed by atoms with van der Waals surface area (Å²) in [6.45, 7) is 0. The standard InChI is InChI=1S/C12H9N3O3S2/c13-3-4-19-6-10(16)15-12-14-8-2-1-7(11(17)18)5-9(8)20-12/h1-2,5H,4,6H2,(H,17,18)(H,14,15,16). The number of thioether (sulfide) groups is 1. The zero-order chi connectivity index (χ0) is 14.5. The predicted octanol–water partition coefficient (Wildman–Crippen LogP) is 2.19. The monoisotopic (exact) mass is 307 g/mol. The second-order valence-electron chi connectivity index (χ2n) is 3.71. The smallest absolute Gasteiger partial charge is 0.335 e. The largest absolute Gasteiger partial charge is 0.478 e. The molecule has 0 bridgehead atoms. The Morgan fingerprint density at radius 2 is 2.30 bits per heavy atom. The fourth-order valence-electron chi connectivity index (χ4n) is 1.46. The molecule has 1 heterocycles. The Hall–Kier alpha value is -2.11. The molecule has 0 aliphatic heterocycles. The first kappa shape index (κ1) is 14.3. The molecule has 20 heavy (non-hydrogen) atoms. The van der Waals surface area contributed by atoms with Crippen LogP contribution >= 0.6 is 23.1 Å². The third kappa shape index (κ3) is 3.46. The summed E-state index contributed by atoms with van der Waals surface area (Å²) >= 11 is 2.44. The molecular weight excluding hydrogens is 298 g/mol. The van der Waals surface area contributed by atoms with Crippen molar-refractivity contribution in [2.45, 2.75) is 0 Å². The van der Waals surface area contributed by atoms with E-state index < -0.39 is 5.97 Å². The number of aromatic carboxylic acids is 1. The topological polar surface area (TPSA) is 103 Å². The minimum atomic E-state index is -1.00. The summed E-state index contributed by atoms with van der Waals surface area (Å²) in [7, 11) is 0. The van der Waals surface area contributed by atoms with Gasteiger partial charge in [0, 0.05) is 0 Å². The maximum absolute atomic E-state index is 11.6. The van der Waals surface area contributed by atoms with Crippen molar-refractivity contribution < 1.29 is 14.7 Å². The highest BCUT2D eigenvalue weighted by molar-refractivity contribution is 8.00. The molecule has 102 valence electrons. The molecular formula is C12H9N3O3S2. The van der Waals surface area contributed by atoms with E-state index in [-0.39, 0.29) is 23.0 Å². The molecule has 2 aromatic rings. The molecule has 0 saturated carbocycles. The fourth-order valence-corrected chi connectivity index (χ4v) is 2.83. The molecule has 2 rings (SSSR count). The molecule has 0 saturated heterocycles. The van der Waals surface area contributed by atoms with Crippen LogP contribution in [-0.4, -0.2) is 33.5 Å². The number of nitrogens with one attached hydrogen (secondary N) is 1. The number of anilines is 1. The van der Waals surface area contributed by atoms with E-state index in [1.54, 1.807) is 6.07 Å². The van der Waals surface area contributed by atoms with Crippen molar-refractivity contribution in [2.24, 2.45) is 0 Å². The summed E-state index contributed by atoms with van der Waals surface area (Å²) in [5, 5.41) is 20.3. The molecule has 0 fully saturated rings. The maximum Gasteiger partial charge on any atom is 0.335 e. The first-order valence-electron chi connectivity index (χ1n) is 5.48. The molecule has 0 radical (unpaired) electrons. The summed E-state index contributed by atoms with van der Waals surface area (Å²) in [5.74, 6) is -0.791. The maximum atomic E-state index is 11.6. The quantitative estimate of drug-likeness (QED) is 0.821. The molecule has 1 aromatic carbocycles. The molecule has 2 N–H and O–H groups in total. The van der Waals surface area contributed by atoms with Gasteiger partial charge in [0.15, 0.2) is 5.13 Å². The van der Waals surface area contributed by atoms with Crippen LogP contribution in [0, 0.1) is 11.3 Å². The number of hydrogen-bond donors (Lipinski definition) is 2. The minimum absolute atomic E-state index is 0.184. The molecule has 1 aromatic heterocycles. The van der Waals surface area contributed by atoms with Crippen molar-refractivity contribution in [1.29, 1.82) is 5.26 Å². The van der Waals surface area contributed by atoms with E-state index >= 15 is 0 Å². The Morgan fingerprint density at radius 3 is 3.00 bits per heavy atom. The van der Waals surface area contributed by atoms with Crippen LogP contribution in [-0.2, 0) is 4.79 Å². The van der Waals surface area contributed by atoms with Crippen molar-refractivity contribution >= 4 is 50.3 Å². The van der Waals surface area contributed by atoms with E-state index in [9.17, 15) is 9.59 Å². The van der Waals surface area contributed by atoms with Gasteiger partial charge in [-0.2, -0.15) is 5.26 Å². The van der Waals surface area contributed by atoms with Crippen LogP contribution in [0.15, 0.2) is 18.2 Å². The van der Waals surface area contributed by atoms with E-state index in [2.05, 4.69) is 10.3 Å². The third-order valence-corrected chi connectivity index (χ3v) is 4.01. The molecule has 0 atom stereocenters. The second-order valence-corrected chi connectivity index (χ2v) is 5.72. The second kappa shape index (κ2) is 6.36. The van der Waals surface area contributed by atoms with Crippen molar-refractivity contribution in [3.63, 3.8) is 0 Å². The lowest BCUT2D eigenvalue weighted by Crippen LogP contribution is -2.13. The Morgan fingerprint density at radius 1 is 1.50 bits per heavy atom. The fraction of sp³-hybridized carbons (Fsp3) is 0.167. The predicted molar refractivity (Wildman–Crippen MR) is 78.1 cm³/mol. The lowest BCUT2D eigenvalue weighted by Gasteiger charge is -1.98. The van der Waals surface area contributed by atoms with Gasteiger partial charge in [-0.05, 0) is 18.2 Å². The third-order valence-electron chi connectivity index (χ3n) is 2.28. The number of carboxylic acids is 1. The van der Waals surface area contributed by atoms with Crippen LogP contribution in [0.25, 0.3) is 10.2 Å². The number of hydrogen-bond acceptors (Lipinski definition) is 6. The van der Waals surface area contributed by atoms with Crippen molar-refractivity contribution in [1.82, 2.24) is 4.98 Å². The van der Waals surface area contributed by atoms with Gasteiger partial charge in [-0.3, -0.25) is 4.79 Å². The molecule has 0 aliphatic carbocycles. The van der Waals surface area contributed by atoms with Gasteiger partial charge < -0.3 is 10.4 Å². The van der Waals surface area contributed by atoms with Gasteiger partial charge >= 0.3 is 5.97 Å². The highest BCUT2D eigenvalue weighted by Crippen LogP contribution is 2.26. The van der Waals surface area contributed by atoms with Crippen LogP contribution in [0.1, 0.15) is 10.4 Å². The number of nitrogens with zero attached hydrogens (tertiary/aromatic N) is 2.